The first-order chi connectivity index (χ1) is 11.7. The molecule has 1 heterocycles. The van der Waals surface area contributed by atoms with Crippen molar-refractivity contribution in [3.63, 3.8) is 0 Å². The van der Waals surface area contributed by atoms with E-state index in [0.717, 1.165) is 35.1 Å². The maximum absolute atomic E-state index is 13.0. The van der Waals surface area contributed by atoms with Gasteiger partial charge in [-0.25, -0.2) is 0 Å². The number of aromatic nitrogens is 1. The van der Waals surface area contributed by atoms with Gasteiger partial charge < -0.3 is 14.6 Å². The highest BCUT2D eigenvalue weighted by Crippen LogP contribution is 2.30. The van der Waals surface area contributed by atoms with E-state index in [1.165, 1.54) is 0 Å². The van der Waals surface area contributed by atoms with E-state index in [1.54, 1.807) is 7.11 Å². The van der Waals surface area contributed by atoms with Gasteiger partial charge in [-0.3, -0.25) is 4.79 Å². The van der Waals surface area contributed by atoms with Crippen molar-refractivity contribution in [2.24, 2.45) is 0 Å². The molecule has 0 spiro atoms. The van der Waals surface area contributed by atoms with Crippen molar-refractivity contribution >= 4 is 16.8 Å². The number of hydrogen-bond acceptors (Lipinski definition) is 2. The second-order valence-corrected chi connectivity index (χ2v) is 6.28. The van der Waals surface area contributed by atoms with Crippen molar-refractivity contribution in [2.45, 2.75) is 25.4 Å². The normalized spacial score (nSPS) is 13.9. The number of H-pyrrole nitrogens is 1. The van der Waals surface area contributed by atoms with Gasteiger partial charge in [0.2, 0.25) is 0 Å². The maximum atomic E-state index is 13.0. The van der Waals surface area contributed by atoms with Crippen LogP contribution in [0.15, 0.2) is 54.6 Å². The average molecular weight is 320 g/mol. The molecule has 122 valence electrons. The Morgan fingerprint density at radius 2 is 1.92 bits per heavy atom. The minimum absolute atomic E-state index is 0.0736. The molecule has 1 N–H and O–H groups in total. The Hall–Kier alpha value is -2.75. The summed E-state index contributed by atoms with van der Waals surface area (Å²) < 4.78 is 5.20. The molecule has 0 aliphatic heterocycles. The van der Waals surface area contributed by atoms with Gasteiger partial charge in [0.15, 0.2) is 0 Å². The fourth-order valence-corrected chi connectivity index (χ4v) is 3.02. The molecule has 4 rings (SSSR count). The smallest absolute Gasteiger partial charge is 0.270 e. The number of methoxy groups -OCH3 is 1. The molecule has 1 amide bonds. The second-order valence-electron chi connectivity index (χ2n) is 6.28. The van der Waals surface area contributed by atoms with Crippen molar-refractivity contribution in [2.75, 3.05) is 7.11 Å². The number of nitrogens with zero attached hydrogens (tertiary/aromatic N) is 1. The standard InChI is InChI=1S/C20H20N2O2/c1-24-17-10-6-14(7-11-17)13-22(16-8-9-16)20(23)19-12-15-4-2-3-5-18(15)21-19/h2-7,10-12,16,21H,8-9,13H2,1H3. The van der Waals surface area contributed by atoms with E-state index in [-0.39, 0.29) is 5.91 Å². The van der Waals surface area contributed by atoms with Crippen LogP contribution in [-0.2, 0) is 6.54 Å². The molecule has 0 bridgehead atoms. The van der Waals surface area contributed by atoms with Crippen LogP contribution >= 0.6 is 0 Å². The Kier molecular flexibility index (Phi) is 3.73. The van der Waals surface area contributed by atoms with Crippen LogP contribution in [0.25, 0.3) is 10.9 Å². The fraction of sp³-hybridized carbons (Fsp3) is 0.250. The van der Waals surface area contributed by atoms with E-state index in [1.807, 2.05) is 59.5 Å². The number of hydrogen-bond donors (Lipinski definition) is 1. The van der Waals surface area contributed by atoms with Gasteiger partial charge in [-0.05, 0) is 42.7 Å². The van der Waals surface area contributed by atoms with Crippen molar-refractivity contribution < 1.29 is 9.53 Å². The van der Waals surface area contributed by atoms with Gasteiger partial charge in [-0.1, -0.05) is 30.3 Å². The van der Waals surface area contributed by atoms with Crippen molar-refractivity contribution in [1.82, 2.24) is 9.88 Å². The molecule has 1 aliphatic carbocycles. The number of carbonyl (C=O) groups excluding carboxylic acids is 1. The zero-order valence-corrected chi connectivity index (χ0v) is 13.7. The summed E-state index contributed by atoms with van der Waals surface area (Å²) in [6.45, 7) is 0.628. The lowest BCUT2D eigenvalue weighted by atomic mass is 10.2. The van der Waals surface area contributed by atoms with Crippen LogP contribution in [0.2, 0.25) is 0 Å². The molecule has 24 heavy (non-hydrogen) atoms. The number of para-hydroxylation sites is 1. The fourth-order valence-electron chi connectivity index (χ4n) is 3.02. The Labute approximate surface area is 141 Å². The van der Waals surface area contributed by atoms with Crippen molar-refractivity contribution in [3.8, 4) is 5.75 Å². The lowest BCUT2D eigenvalue weighted by Gasteiger charge is -2.22. The topological polar surface area (TPSA) is 45.3 Å². The Balaban J connectivity index is 1.58. The van der Waals surface area contributed by atoms with Gasteiger partial charge in [-0.15, -0.1) is 0 Å². The molecule has 2 aromatic carbocycles. The monoisotopic (exact) mass is 320 g/mol. The van der Waals surface area contributed by atoms with Gasteiger partial charge in [-0.2, -0.15) is 0 Å². The zero-order valence-electron chi connectivity index (χ0n) is 13.7. The van der Waals surface area contributed by atoms with Gasteiger partial charge in [0.25, 0.3) is 5.91 Å². The molecule has 1 aliphatic rings. The second kappa shape index (κ2) is 6.04. The van der Waals surface area contributed by atoms with Crippen LogP contribution in [0.5, 0.6) is 5.75 Å². The molecular weight excluding hydrogens is 300 g/mol. The number of ether oxygens (including phenoxy) is 1. The van der Waals surface area contributed by atoms with Crippen LogP contribution in [-0.4, -0.2) is 28.9 Å². The predicted molar refractivity (Wildman–Crippen MR) is 94.2 cm³/mol. The summed E-state index contributed by atoms with van der Waals surface area (Å²) in [5.41, 5.74) is 2.78. The summed E-state index contributed by atoms with van der Waals surface area (Å²) in [6, 6.07) is 18.2. The first-order valence-corrected chi connectivity index (χ1v) is 8.26. The van der Waals surface area contributed by atoms with Crippen LogP contribution in [0.3, 0.4) is 0 Å². The average Bonchev–Trinajstić information content (AvgIpc) is 3.37. The molecule has 1 saturated carbocycles. The molecule has 0 saturated heterocycles. The van der Waals surface area contributed by atoms with Crippen molar-refractivity contribution in [1.29, 1.82) is 0 Å². The van der Waals surface area contributed by atoms with Crippen LogP contribution in [0.1, 0.15) is 28.9 Å². The van der Waals surface area contributed by atoms with Crippen LogP contribution in [0, 0.1) is 0 Å². The molecule has 0 unspecified atom stereocenters. The summed E-state index contributed by atoms with van der Waals surface area (Å²) in [7, 11) is 1.66. The van der Waals surface area contributed by atoms with E-state index >= 15 is 0 Å². The number of nitrogens with one attached hydrogen (secondary N) is 1. The number of aromatic amines is 1. The third kappa shape index (κ3) is 2.87. The number of rotatable bonds is 5. The molecule has 0 radical (unpaired) electrons. The lowest BCUT2D eigenvalue weighted by molar-refractivity contribution is 0.0725. The quantitative estimate of drug-likeness (QED) is 0.773. The first-order valence-electron chi connectivity index (χ1n) is 8.26. The SMILES string of the molecule is COc1ccc(CN(C(=O)c2cc3ccccc3[nH]2)C2CC2)cc1. The number of benzene rings is 2. The van der Waals surface area contributed by atoms with Gasteiger partial charge in [0.1, 0.15) is 11.4 Å². The molecule has 4 nitrogen and oxygen atoms in total. The summed E-state index contributed by atoms with van der Waals surface area (Å²) >= 11 is 0. The molecular formula is C20H20N2O2. The van der Waals surface area contributed by atoms with E-state index in [2.05, 4.69) is 4.98 Å². The zero-order chi connectivity index (χ0) is 16.5. The number of carbonyl (C=O) groups is 1. The number of fused-ring (bicyclic) bond motifs is 1. The van der Waals surface area contributed by atoms with E-state index in [4.69, 9.17) is 4.74 Å². The van der Waals surface area contributed by atoms with Crippen LogP contribution < -0.4 is 4.74 Å². The maximum Gasteiger partial charge on any atom is 0.270 e. The molecule has 3 aromatic rings. The Bertz CT molecular complexity index is 830. The lowest BCUT2D eigenvalue weighted by Crippen LogP contribution is -2.32. The highest BCUT2D eigenvalue weighted by molar-refractivity contribution is 5.98. The van der Waals surface area contributed by atoms with Crippen LogP contribution in [0.4, 0.5) is 0 Å². The van der Waals surface area contributed by atoms with Crippen molar-refractivity contribution in [3.05, 3.63) is 65.9 Å². The summed E-state index contributed by atoms with van der Waals surface area (Å²) in [5.74, 6) is 0.906. The molecule has 4 heteroatoms. The Morgan fingerprint density at radius 3 is 2.58 bits per heavy atom. The minimum Gasteiger partial charge on any atom is -0.497 e. The van der Waals surface area contributed by atoms with E-state index in [9.17, 15) is 4.79 Å². The predicted octanol–water partition coefficient (Wildman–Crippen LogP) is 3.98. The number of amides is 1. The molecule has 1 fully saturated rings. The third-order valence-corrected chi connectivity index (χ3v) is 4.52. The van der Waals surface area contributed by atoms with Gasteiger partial charge >= 0.3 is 0 Å². The van der Waals surface area contributed by atoms with E-state index < -0.39 is 0 Å². The first kappa shape index (κ1) is 14.8. The molecule has 0 atom stereocenters. The summed E-state index contributed by atoms with van der Waals surface area (Å²) in [4.78, 5) is 18.2. The largest absolute Gasteiger partial charge is 0.497 e. The van der Waals surface area contributed by atoms with Gasteiger partial charge in [0, 0.05) is 23.5 Å². The van der Waals surface area contributed by atoms with Gasteiger partial charge in [0.05, 0.1) is 7.11 Å². The highest BCUT2D eigenvalue weighted by Gasteiger charge is 2.33. The Morgan fingerprint density at radius 1 is 1.17 bits per heavy atom. The third-order valence-electron chi connectivity index (χ3n) is 4.52. The minimum atomic E-state index is 0.0736. The molecule has 1 aromatic heterocycles. The summed E-state index contributed by atoms with van der Waals surface area (Å²) in [5, 5.41) is 1.07. The summed E-state index contributed by atoms with van der Waals surface area (Å²) in [6.07, 6.45) is 2.17. The highest BCUT2D eigenvalue weighted by atomic mass is 16.5. The van der Waals surface area contributed by atoms with E-state index in [0.29, 0.717) is 18.3 Å².